The van der Waals surface area contributed by atoms with Crippen LogP contribution < -0.4 is 5.32 Å². The van der Waals surface area contributed by atoms with Gasteiger partial charge >= 0.3 is 6.18 Å². The molecule has 1 rings (SSSR count). The first-order valence-corrected chi connectivity index (χ1v) is 4.43. The molecule has 6 heteroatoms. The van der Waals surface area contributed by atoms with Crippen LogP contribution in [0.4, 0.5) is 17.6 Å². The minimum absolute atomic E-state index is 0.118. The second-order valence-corrected chi connectivity index (χ2v) is 3.34. The van der Waals surface area contributed by atoms with Crippen molar-refractivity contribution in [1.29, 1.82) is 0 Å². The third-order valence-corrected chi connectivity index (χ3v) is 2.23. The van der Waals surface area contributed by atoms with Gasteiger partial charge in [0.2, 0.25) is 0 Å². The summed E-state index contributed by atoms with van der Waals surface area (Å²) in [6.07, 6.45) is -4.51. The summed E-state index contributed by atoms with van der Waals surface area (Å²) in [5.74, 6) is -0.751. The van der Waals surface area contributed by atoms with Gasteiger partial charge in [0.15, 0.2) is 0 Å². The van der Waals surface area contributed by atoms with Crippen molar-refractivity contribution in [2.75, 3.05) is 7.05 Å². The van der Waals surface area contributed by atoms with E-state index in [9.17, 15) is 17.6 Å². The standard InChI is InChI=1S/C9H8ClF4N/c1-15-8(9(12,13)14)6-4-5(11)2-3-7(6)10/h2-4,8,15H,1H3. The van der Waals surface area contributed by atoms with E-state index in [1.807, 2.05) is 0 Å². The fraction of sp³-hybridized carbons (Fsp3) is 0.333. The van der Waals surface area contributed by atoms with Gasteiger partial charge in [0.1, 0.15) is 11.9 Å². The van der Waals surface area contributed by atoms with Crippen molar-refractivity contribution in [3.63, 3.8) is 0 Å². The molecule has 0 heterocycles. The van der Waals surface area contributed by atoms with Gasteiger partial charge in [-0.1, -0.05) is 11.6 Å². The molecule has 0 bridgehead atoms. The lowest BCUT2D eigenvalue weighted by molar-refractivity contribution is -0.156. The molecule has 15 heavy (non-hydrogen) atoms. The van der Waals surface area contributed by atoms with Crippen LogP contribution >= 0.6 is 11.6 Å². The summed E-state index contributed by atoms with van der Waals surface area (Å²) in [5, 5.41) is 1.93. The molecular weight excluding hydrogens is 234 g/mol. The van der Waals surface area contributed by atoms with Crippen LogP contribution in [0.2, 0.25) is 5.02 Å². The lowest BCUT2D eigenvalue weighted by atomic mass is 10.1. The van der Waals surface area contributed by atoms with Crippen LogP contribution in [0.25, 0.3) is 0 Å². The highest BCUT2D eigenvalue weighted by Crippen LogP contribution is 2.35. The van der Waals surface area contributed by atoms with Crippen LogP contribution in [0.1, 0.15) is 11.6 Å². The number of halogens is 5. The van der Waals surface area contributed by atoms with Crippen molar-refractivity contribution in [2.45, 2.75) is 12.2 Å². The zero-order valence-corrected chi connectivity index (χ0v) is 8.46. The highest BCUT2D eigenvalue weighted by molar-refractivity contribution is 6.31. The fourth-order valence-corrected chi connectivity index (χ4v) is 1.46. The summed E-state index contributed by atoms with van der Waals surface area (Å²) >= 11 is 5.57. The number of benzene rings is 1. The van der Waals surface area contributed by atoms with Crippen molar-refractivity contribution in [3.05, 3.63) is 34.6 Å². The first-order valence-electron chi connectivity index (χ1n) is 4.05. The van der Waals surface area contributed by atoms with Crippen LogP contribution in [-0.2, 0) is 0 Å². The van der Waals surface area contributed by atoms with E-state index in [4.69, 9.17) is 11.6 Å². The van der Waals surface area contributed by atoms with Crippen LogP contribution in [0, 0.1) is 5.82 Å². The van der Waals surface area contributed by atoms with Gasteiger partial charge in [0.05, 0.1) is 0 Å². The minimum atomic E-state index is -4.51. The molecule has 1 aromatic carbocycles. The molecule has 0 fully saturated rings. The Kier molecular flexibility index (Phi) is 3.57. The zero-order valence-electron chi connectivity index (χ0n) is 7.70. The molecular formula is C9H8ClF4N. The topological polar surface area (TPSA) is 12.0 Å². The molecule has 1 N–H and O–H groups in total. The molecule has 0 aromatic heterocycles. The van der Waals surface area contributed by atoms with E-state index in [1.165, 1.54) is 0 Å². The number of hydrogen-bond donors (Lipinski definition) is 1. The van der Waals surface area contributed by atoms with Gasteiger partial charge in [0.25, 0.3) is 0 Å². The van der Waals surface area contributed by atoms with Gasteiger partial charge in [-0.3, -0.25) is 0 Å². The smallest absolute Gasteiger partial charge is 0.305 e. The summed E-state index contributed by atoms with van der Waals surface area (Å²) in [7, 11) is 1.14. The minimum Gasteiger partial charge on any atom is -0.305 e. The quantitative estimate of drug-likeness (QED) is 0.784. The van der Waals surface area contributed by atoms with E-state index in [-0.39, 0.29) is 10.6 Å². The van der Waals surface area contributed by atoms with Gasteiger partial charge in [-0.05, 0) is 30.8 Å². The maximum Gasteiger partial charge on any atom is 0.407 e. The van der Waals surface area contributed by atoms with Crippen molar-refractivity contribution in [3.8, 4) is 0 Å². The maximum absolute atomic E-state index is 12.8. The lowest BCUT2D eigenvalue weighted by Gasteiger charge is -2.20. The van der Waals surface area contributed by atoms with Crippen molar-refractivity contribution >= 4 is 11.6 Å². The Bertz CT molecular complexity index is 350. The molecule has 1 unspecified atom stereocenters. The van der Waals surface area contributed by atoms with Gasteiger partial charge < -0.3 is 5.32 Å². The van der Waals surface area contributed by atoms with E-state index >= 15 is 0 Å². The zero-order chi connectivity index (χ0) is 11.6. The predicted molar refractivity (Wildman–Crippen MR) is 49.3 cm³/mol. The number of hydrogen-bond acceptors (Lipinski definition) is 1. The molecule has 0 spiro atoms. The summed E-state index contributed by atoms with van der Waals surface area (Å²) < 4.78 is 50.2. The second-order valence-electron chi connectivity index (χ2n) is 2.93. The van der Waals surface area contributed by atoms with E-state index in [0.29, 0.717) is 0 Å². The van der Waals surface area contributed by atoms with Crippen molar-refractivity contribution < 1.29 is 17.6 Å². The van der Waals surface area contributed by atoms with Crippen molar-refractivity contribution in [2.24, 2.45) is 0 Å². The summed E-state index contributed by atoms with van der Waals surface area (Å²) in [6, 6.07) is 0.925. The van der Waals surface area contributed by atoms with E-state index in [2.05, 4.69) is 5.32 Å². The van der Waals surface area contributed by atoms with Gasteiger partial charge in [0, 0.05) is 5.02 Å². The second kappa shape index (κ2) is 4.37. The number of nitrogens with one attached hydrogen (secondary N) is 1. The molecule has 0 aliphatic carbocycles. The molecule has 0 radical (unpaired) electrons. The molecule has 0 aliphatic rings. The first-order chi connectivity index (χ1) is 6.86. The van der Waals surface area contributed by atoms with Gasteiger partial charge in [-0.15, -0.1) is 0 Å². The van der Waals surface area contributed by atoms with Crippen LogP contribution in [0.15, 0.2) is 18.2 Å². The highest BCUT2D eigenvalue weighted by Gasteiger charge is 2.40. The SMILES string of the molecule is CNC(c1cc(F)ccc1Cl)C(F)(F)F. The summed E-state index contributed by atoms with van der Waals surface area (Å²) in [5.41, 5.74) is -0.313. The Labute approximate surface area is 89.0 Å². The van der Waals surface area contributed by atoms with Gasteiger partial charge in [-0.2, -0.15) is 13.2 Å². The molecule has 0 saturated heterocycles. The van der Waals surface area contributed by atoms with E-state index < -0.39 is 18.0 Å². The van der Waals surface area contributed by atoms with Gasteiger partial charge in [-0.25, -0.2) is 4.39 Å². The predicted octanol–water partition coefficient (Wildman–Crippen LogP) is 3.30. The molecule has 84 valence electrons. The molecule has 0 aliphatic heterocycles. The van der Waals surface area contributed by atoms with Crippen LogP contribution in [0.3, 0.4) is 0 Å². The largest absolute Gasteiger partial charge is 0.407 e. The maximum atomic E-state index is 12.8. The Hall–Kier alpha value is -0.810. The number of rotatable bonds is 2. The molecule has 1 nitrogen and oxygen atoms in total. The molecule has 0 saturated carbocycles. The normalized spacial score (nSPS) is 14.0. The molecule has 1 atom stereocenters. The third kappa shape index (κ3) is 2.82. The van der Waals surface area contributed by atoms with Crippen molar-refractivity contribution in [1.82, 2.24) is 5.32 Å². The van der Waals surface area contributed by atoms with E-state index in [0.717, 1.165) is 25.2 Å². The Morgan fingerprint density at radius 3 is 2.40 bits per heavy atom. The summed E-state index contributed by atoms with van der Waals surface area (Å²) in [6.45, 7) is 0. The van der Waals surface area contributed by atoms with Crippen LogP contribution in [-0.4, -0.2) is 13.2 Å². The Balaban J connectivity index is 3.18. The monoisotopic (exact) mass is 241 g/mol. The van der Waals surface area contributed by atoms with Crippen LogP contribution in [0.5, 0.6) is 0 Å². The summed E-state index contributed by atoms with van der Waals surface area (Å²) in [4.78, 5) is 0. The average Bonchev–Trinajstić information content (AvgIpc) is 2.10. The average molecular weight is 242 g/mol. The fourth-order valence-electron chi connectivity index (χ4n) is 1.23. The highest BCUT2D eigenvalue weighted by atomic mass is 35.5. The Morgan fingerprint density at radius 1 is 1.33 bits per heavy atom. The molecule has 0 amide bonds. The third-order valence-electron chi connectivity index (χ3n) is 1.89. The lowest BCUT2D eigenvalue weighted by Crippen LogP contribution is -2.31. The van der Waals surface area contributed by atoms with E-state index in [1.54, 1.807) is 0 Å². The first kappa shape index (κ1) is 12.3. The Morgan fingerprint density at radius 2 is 1.93 bits per heavy atom. The number of alkyl halides is 3. The molecule has 1 aromatic rings.